The molecule has 0 aliphatic rings. The zero-order valence-corrected chi connectivity index (χ0v) is 12.5. The monoisotopic (exact) mass is 323 g/mol. The highest BCUT2D eigenvalue weighted by atomic mass is 35.5. The first-order chi connectivity index (χ1) is 10.0. The Morgan fingerprint density at radius 2 is 1.71 bits per heavy atom. The summed E-state index contributed by atoms with van der Waals surface area (Å²) >= 11 is 11.7. The smallest absolute Gasteiger partial charge is 0.337 e. The Balaban J connectivity index is 2.20. The van der Waals surface area contributed by atoms with E-state index in [4.69, 9.17) is 23.2 Å². The number of nitrogens with one attached hydrogen (secondary N) is 1. The van der Waals surface area contributed by atoms with Gasteiger partial charge in [-0.15, -0.1) is 0 Å². The van der Waals surface area contributed by atoms with E-state index in [1.165, 1.54) is 13.2 Å². The molecule has 6 heteroatoms. The van der Waals surface area contributed by atoms with Crippen LogP contribution in [0.4, 0.5) is 5.69 Å². The summed E-state index contributed by atoms with van der Waals surface area (Å²) < 4.78 is 4.62. The minimum Gasteiger partial charge on any atom is -0.465 e. The van der Waals surface area contributed by atoms with Gasteiger partial charge in [0.05, 0.1) is 22.7 Å². The molecule has 2 rings (SSSR count). The van der Waals surface area contributed by atoms with Crippen LogP contribution in [-0.4, -0.2) is 19.0 Å². The number of methoxy groups -OCH3 is 1. The Kier molecular flexibility index (Phi) is 4.83. The third-order valence-corrected chi connectivity index (χ3v) is 3.46. The number of benzene rings is 2. The van der Waals surface area contributed by atoms with Gasteiger partial charge in [0.15, 0.2) is 0 Å². The minimum atomic E-state index is -0.501. The van der Waals surface area contributed by atoms with Crippen molar-refractivity contribution in [3.8, 4) is 0 Å². The number of amides is 1. The lowest BCUT2D eigenvalue weighted by Gasteiger charge is -2.07. The summed E-state index contributed by atoms with van der Waals surface area (Å²) in [6.07, 6.45) is 0. The number of anilines is 1. The van der Waals surface area contributed by atoms with Crippen LogP contribution in [0.3, 0.4) is 0 Å². The van der Waals surface area contributed by atoms with Crippen molar-refractivity contribution in [2.75, 3.05) is 12.4 Å². The fraction of sp³-hybridized carbons (Fsp3) is 0.0667. The number of ether oxygens (including phenoxy) is 1. The van der Waals surface area contributed by atoms with Crippen LogP contribution in [0.5, 0.6) is 0 Å². The Bertz CT molecular complexity index is 701. The lowest BCUT2D eigenvalue weighted by molar-refractivity contribution is 0.0600. The summed E-state index contributed by atoms with van der Waals surface area (Å²) in [6.45, 7) is 0. The predicted molar refractivity (Wildman–Crippen MR) is 82.2 cm³/mol. The van der Waals surface area contributed by atoms with E-state index in [1.807, 2.05) is 0 Å². The average molecular weight is 324 g/mol. The third-order valence-electron chi connectivity index (χ3n) is 2.72. The zero-order valence-electron chi connectivity index (χ0n) is 11.0. The highest BCUT2D eigenvalue weighted by Crippen LogP contribution is 2.25. The lowest BCUT2D eigenvalue weighted by Crippen LogP contribution is -2.13. The number of carbonyl (C=O) groups is 2. The van der Waals surface area contributed by atoms with E-state index >= 15 is 0 Å². The van der Waals surface area contributed by atoms with Crippen LogP contribution in [0.2, 0.25) is 10.0 Å². The summed E-state index contributed by atoms with van der Waals surface area (Å²) in [5.74, 6) is -0.863. The van der Waals surface area contributed by atoms with E-state index in [1.54, 1.807) is 36.4 Å². The number of carbonyl (C=O) groups excluding carboxylic acids is 2. The summed E-state index contributed by atoms with van der Waals surface area (Å²) in [7, 11) is 1.28. The molecule has 0 aromatic heterocycles. The van der Waals surface area contributed by atoms with Crippen molar-refractivity contribution < 1.29 is 14.3 Å². The van der Waals surface area contributed by atoms with Gasteiger partial charge in [0.25, 0.3) is 5.91 Å². The van der Waals surface area contributed by atoms with Gasteiger partial charge < -0.3 is 10.1 Å². The van der Waals surface area contributed by atoms with E-state index in [-0.39, 0.29) is 5.91 Å². The van der Waals surface area contributed by atoms with Gasteiger partial charge in [-0.3, -0.25) is 4.79 Å². The SMILES string of the molecule is COC(=O)c1cccc(C(=O)Nc2ccc(Cl)c(Cl)c2)c1. The zero-order chi connectivity index (χ0) is 15.4. The second-order valence-electron chi connectivity index (χ2n) is 4.16. The van der Waals surface area contributed by atoms with E-state index in [0.29, 0.717) is 26.9 Å². The quantitative estimate of drug-likeness (QED) is 0.867. The molecule has 2 aromatic rings. The molecule has 0 radical (unpaired) electrons. The van der Waals surface area contributed by atoms with Crippen LogP contribution in [0.25, 0.3) is 0 Å². The number of rotatable bonds is 3. The molecule has 2 aromatic carbocycles. The Labute approximate surface area is 131 Å². The molecule has 108 valence electrons. The molecular weight excluding hydrogens is 313 g/mol. The molecule has 0 saturated carbocycles. The number of halogens is 2. The van der Waals surface area contributed by atoms with Gasteiger partial charge in [0.2, 0.25) is 0 Å². The Morgan fingerprint density at radius 1 is 1.00 bits per heavy atom. The van der Waals surface area contributed by atoms with Gasteiger partial charge in [0, 0.05) is 11.3 Å². The molecule has 4 nitrogen and oxygen atoms in total. The van der Waals surface area contributed by atoms with E-state index in [9.17, 15) is 9.59 Å². The standard InChI is InChI=1S/C15H11Cl2NO3/c1-21-15(20)10-4-2-3-9(7-10)14(19)18-11-5-6-12(16)13(17)8-11/h2-8H,1H3,(H,18,19). The molecule has 1 amide bonds. The van der Waals surface area contributed by atoms with Crippen molar-refractivity contribution in [3.05, 3.63) is 63.6 Å². The predicted octanol–water partition coefficient (Wildman–Crippen LogP) is 4.03. The van der Waals surface area contributed by atoms with Crippen molar-refractivity contribution in [3.63, 3.8) is 0 Å². The van der Waals surface area contributed by atoms with Crippen LogP contribution in [0.1, 0.15) is 20.7 Å². The minimum absolute atomic E-state index is 0.305. The summed E-state index contributed by atoms with van der Waals surface area (Å²) in [5.41, 5.74) is 1.15. The normalized spacial score (nSPS) is 10.0. The van der Waals surface area contributed by atoms with Gasteiger partial charge in [0.1, 0.15) is 0 Å². The number of esters is 1. The molecule has 0 unspecified atom stereocenters. The van der Waals surface area contributed by atoms with Crippen molar-refractivity contribution in [2.24, 2.45) is 0 Å². The van der Waals surface area contributed by atoms with Gasteiger partial charge in [-0.1, -0.05) is 29.3 Å². The second-order valence-corrected chi connectivity index (χ2v) is 4.97. The van der Waals surface area contributed by atoms with Crippen molar-refractivity contribution in [1.29, 1.82) is 0 Å². The fourth-order valence-corrected chi connectivity index (χ4v) is 1.98. The summed E-state index contributed by atoms with van der Waals surface area (Å²) in [4.78, 5) is 23.6. The van der Waals surface area contributed by atoms with Gasteiger partial charge >= 0.3 is 5.97 Å². The maximum Gasteiger partial charge on any atom is 0.337 e. The van der Waals surface area contributed by atoms with Crippen LogP contribution < -0.4 is 5.32 Å². The van der Waals surface area contributed by atoms with Crippen molar-refractivity contribution in [1.82, 2.24) is 0 Å². The maximum atomic E-state index is 12.1. The summed E-state index contributed by atoms with van der Waals surface area (Å²) in [5, 5.41) is 3.43. The topological polar surface area (TPSA) is 55.4 Å². The highest BCUT2D eigenvalue weighted by molar-refractivity contribution is 6.42. The third kappa shape index (κ3) is 3.74. The van der Waals surface area contributed by atoms with Crippen molar-refractivity contribution >= 4 is 40.8 Å². The molecule has 1 N–H and O–H groups in total. The lowest BCUT2D eigenvalue weighted by atomic mass is 10.1. The van der Waals surface area contributed by atoms with Crippen LogP contribution >= 0.6 is 23.2 Å². The van der Waals surface area contributed by atoms with Gasteiger partial charge in [-0.25, -0.2) is 4.79 Å². The van der Waals surface area contributed by atoms with E-state index < -0.39 is 5.97 Å². The fourth-order valence-electron chi connectivity index (χ4n) is 1.68. The maximum absolute atomic E-state index is 12.1. The van der Waals surface area contributed by atoms with E-state index in [2.05, 4.69) is 10.1 Å². The van der Waals surface area contributed by atoms with Crippen LogP contribution in [-0.2, 0) is 4.74 Å². The number of hydrogen-bond donors (Lipinski definition) is 1. The molecule has 0 bridgehead atoms. The first kappa shape index (κ1) is 15.4. The van der Waals surface area contributed by atoms with Crippen LogP contribution in [0, 0.1) is 0 Å². The molecular formula is C15H11Cl2NO3. The largest absolute Gasteiger partial charge is 0.465 e. The summed E-state index contributed by atoms with van der Waals surface area (Å²) in [6, 6.07) is 11.0. The Morgan fingerprint density at radius 3 is 2.38 bits per heavy atom. The highest BCUT2D eigenvalue weighted by Gasteiger charge is 2.11. The first-order valence-corrected chi connectivity index (χ1v) is 6.71. The van der Waals surface area contributed by atoms with Crippen LogP contribution in [0.15, 0.2) is 42.5 Å². The molecule has 0 heterocycles. The molecule has 0 spiro atoms. The van der Waals surface area contributed by atoms with Gasteiger partial charge in [-0.05, 0) is 36.4 Å². The van der Waals surface area contributed by atoms with E-state index in [0.717, 1.165) is 0 Å². The second kappa shape index (κ2) is 6.61. The molecule has 21 heavy (non-hydrogen) atoms. The molecule has 0 atom stereocenters. The van der Waals surface area contributed by atoms with Crippen molar-refractivity contribution in [2.45, 2.75) is 0 Å². The molecule has 0 fully saturated rings. The first-order valence-electron chi connectivity index (χ1n) is 5.96. The Hall–Kier alpha value is -2.04. The molecule has 0 saturated heterocycles. The molecule has 0 aliphatic heterocycles. The number of hydrogen-bond acceptors (Lipinski definition) is 3. The average Bonchev–Trinajstić information content (AvgIpc) is 2.50. The molecule has 0 aliphatic carbocycles. The van der Waals surface area contributed by atoms with Gasteiger partial charge in [-0.2, -0.15) is 0 Å².